The Bertz CT molecular complexity index is 706. The summed E-state index contributed by atoms with van der Waals surface area (Å²) in [5.41, 5.74) is 1.42. The molecule has 1 fully saturated rings. The topological polar surface area (TPSA) is 76.8 Å². The number of rotatable bonds is 4. The van der Waals surface area contributed by atoms with E-state index >= 15 is 0 Å². The molecule has 1 atom stereocenters. The Kier molecular flexibility index (Phi) is 4.59. The Hall–Kier alpha value is -2.70. The minimum atomic E-state index is -0.173. The molecule has 7 heteroatoms. The Morgan fingerprint density at radius 3 is 2.54 bits per heavy atom. The molecule has 1 aliphatic heterocycles. The Labute approximate surface area is 140 Å². The van der Waals surface area contributed by atoms with Gasteiger partial charge in [-0.1, -0.05) is 5.16 Å². The van der Waals surface area contributed by atoms with Gasteiger partial charge in [0.05, 0.1) is 20.3 Å². The summed E-state index contributed by atoms with van der Waals surface area (Å²) in [7, 11) is 3.15. The SMILES string of the molecule is COc1cc(NC(=O)N2CCC[C@@H]2c2cc(C)on2)cc(OC)c1. The van der Waals surface area contributed by atoms with Gasteiger partial charge in [0.1, 0.15) is 23.0 Å². The van der Waals surface area contributed by atoms with Gasteiger partial charge in [0.25, 0.3) is 0 Å². The third-order valence-corrected chi connectivity index (χ3v) is 4.10. The van der Waals surface area contributed by atoms with Crippen molar-refractivity contribution < 1.29 is 18.8 Å². The fourth-order valence-corrected chi connectivity index (χ4v) is 2.93. The molecule has 0 unspecified atom stereocenters. The minimum Gasteiger partial charge on any atom is -0.497 e. The van der Waals surface area contributed by atoms with Crippen LogP contribution in [0.3, 0.4) is 0 Å². The molecule has 0 radical (unpaired) electrons. The highest BCUT2D eigenvalue weighted by Crippen LogP contribution is 2.33. The summed E-state index contributed by atoms with van der Waals surface area (Å²) in [4.78, 5) is 14.5. The monoisotopic (exact) mass is 331 g/mol. The third-order valence-electron chi connectivity index (χ3n) is 4.10. The zero-order valence-electron chi connectivity index (χ0n) is 14.0. The molecule has 1 saturated heterocycles. The highest BCUT2D eigenvalue weighted by Gasteiger charge is 2.32. The molecule has 0 saturated carbocycles. The van der Waals surface area contributed by atoms with E-state index in [1.54, 1.807) is 37.3 Å². The molecule has 1 aromatic heterocycles. The number of hydrogen-bond acceptors (Lipinski definition) is 5. The Morgan fingerprint density at radius 2 is 1.96 bits per heavy atom. The molecule has 128 valence electrons. The van der Waals surface area contributed by atoms with E-state index in [0.29, 0.717) is 23.7 Å². The molecule has 0 aliphatic carbocycles. The van der Waals surface area contributed by atoms with Crippen molar-refractivity contribution in [3.63, 3.8) is 0 Å². The highest BCUT2D eigenvalue weighted by atomic mass is 16.5. The lowest BCUT2D eigenvalue weighted by Crippen LogP contribution is -2.34. The van der Waals surface area contributed by atoms with Crippen LogP contribution in [-0.4, -0.2) is 36.9 Å². The normalized spacial score (nSPS) is 17.0. The van der Waals surface area contributed by atoms with Crippen LogP contribution in [0.4, 0.5) is 10.5 Å². The molecule has 1 aromatic carbocycles. The average molecular weight is 331 g/mol. The first kappa shape index (κ1) is 16.2. The lowest BCUT2D eigenvalue weighted by molar-refractivity contribution is 0.204. The molecule has 1 N–H and O–H groups in total. The van der Waals surface area contributed by atoms with Crippen LogP contribution in [0.5, 0.6) is 11.5 Å². The van der Waals surface area contributed by atoms with Crippen molar-refractivity contribution in [2.24, 2.45) is 0 Å². The maximum absolute atomic E-state index is 12.7. The van der Waals surface area contributed by atoms with Crippen molar-refractivity contribution in [1.29, 1.82) is 0 Å². The van der Waals surface area contributed by atoms with Gasteiger partial charge in [-0.05, 0) is 19.8 Å². The van der Waals surface area contributed by atoms with Gasteiger partial charge >= 0.3 is 6.03 Å². The van der Waals surface area contributed by atoms with Gasteiger partial charge in [0.2, 0.25) is 0 Å². The molecule has 1 aliphatic rings. The smallest absolute Gasteiger partial charge is 0.322 e. The molecular formula is C17H21N3O4. The third kappa shape index (κ3) is 3.29. The summed E-state index contributed by atoms with van der Waals surface area (Å²) in [6, 6.07) is 6.91. The van der Waals surface area contributed by atoms with E-state index in [2.05, 4.69) is 10.5 Å². The van der Waals surface area contributed by atoms with Gasteiger partial charge in [-0.15, -0.1) is 0 Å². The van der Waals surface area contributed by atoms with Gasteiger partial charge in [0, 0.05) is 36.5 Å². The summed E-state index contributed by atoms with van der Waals surface area (Å²) in [6.45, 7) is 2.53. The summed E-state index contributed by atoms with van der Waals surface area (Å²) >= 11 is 0. The van der Waals surface area contributed by atoms with Crippen molar-refractivity contribution in [3.05, 3.63) is 35.7 Å². The van der Waals surface area contributed by atoms with Crippen molar-refractivity contribution >= 4 is 11.7 Å². The molecule has 7 nitrogen and oxygen atoms in total. The number of carbonyl (C=O) groups excluding carboxylic acids is 1. The van der Waals surface area contributed by atoms with Crippen LogP contribution in [-0.2, 0) is 0 Å². The first-order chi connectivity index (χ1) is 11.6. The van der Waals surface area contributed by atoms with Crippen LogP contribution in [0, 0.1) is 6.92 Å². The number of nitrogens with zero attached hydrogens (tertiary/aromatic N) is 2. The standard InChI is InChI=1S/C17H21N3O4/c1-11-7-15(19-24-11)16-5-4-6-20(16)17(21)18-12-8-13(22-2)10-14(9-12)23-3/h7-10,16H,4-6H2,1-3H3,(H,18,21)/t16-/m1/s1. The average Bonchev–Trinajstić information content (AvgIpc) is 3.22. The van der Waals surface area contributed by atoms with E-state index in [4.69, 9.17) is 14.0 Å². The van der Waals surface area contributed by atoms with Crippen LogP contribution < -0.4 is 14.8 Å². The highest BCUT2D eigenvalue weighted by molar-refractivity contribution is 5.90. The number of carbonyl (C=O) groups is 1. The number of aromatic nitrogens is 1. The predicted molar refractivity (Wildman–Crippen MR) is 88.5 cm³/mol. The van der Waals surface area contributed by atoms with Crippen LogP contribution in [0.15, 0.2) is 28.8 Å². The zero-order chi connectivity index (χ0) is 17.1. The Balaban J connectivity index is 1.76. The minimum absolute atomic E-state index is 0.0602. The second-order valence-corrected chi connectivity index (χ2v) is 5.75. The van der Waals surface area contributed by atoms with Crippen LogP contribution in [0.1, 0.15) is 30.3 Å². The number of urea groups is 1. The number of aryl methyl sites for hydroxylation is 1. The van der Waals surface area contributed by atoms with E-state index in [0.717, 1.165) is 24.3 Å². The van der Waals surface area contributed by atoms with Crippen molar-refractivity contribution in [3.8, 4) is 11.5 Å². The first-order valence-electron chi connectivity index (χ1n) is 7.84. The molecule has 24 heavy (non-hydrogen) atoms. The van der Waals surface area contributed by atoms with Crippen molar-refractivity contribution in [2.45, 2.75) is 25.8 Å². The molecule has 2 amide bonds. The molecule has 2 aromatic rings. The lowest BCUT2D eigenvalue weighted by atomic mass is 10.1. The van der Waals surface area contributed by atoms with Gasteiger partial charge in [-0.3, -0.25) is 0 Å². The number of methoxy groups -OCH3 is 2. The van der Waals surface area contributed by atoms with Crippen molar-refractivity contribution in [1.82, 2.24) is 10.1 Å². The largest absolute Gasteiger partial charge is 0.497 e. The second-order valence-electron chi connectivity index (χ2n) is 5.75. The first-order valence-corrected chi connectivity index (χ1v) is 7.84. The summed E-state index contributed by atoms with van der Waals surface area (Å²) in [6.07, 6.45) is 1.81. The summed E-state index contributed by atoms with van der Waals surface area (Å²) in [5, 5.41) is 6.96. The van der Waals surface area contributed by atoms with E-state index in [1.807, 2.05) is 13.0 Å². The predicted octanol–water partition coefficient (Wildman–Crippen LogP) is 3.37. The number of likely N-dealkylation sites (tertiary alicyclic amines) is 1. The quantitative estimate of drug-likeness (QED) is 0.929. The maximum Gasteiger partial charge on any atom is 0.322 e. The van der Waals surface area contributed by atoms with Crippen molar-refractivity contribution in [2.75, 3.05) is 26.1 Å². The lowest BCUT2D eigenvalue weighted by Gasteiger charge is -2.23. The zero-order valence-corrected chi connectivity index (χ0v) is 14.0. The van der Waals surface area contributed by atoms with E-state index in [9.17, 15) is 4.79 Å². The van der Waals surface area contributed by atoms with Gasteiger partial charge < -0.3 is 24.2 Å². The van der Waals surface area contributed by atoms with Crippen LogP contribution in [0.2, 0.25) is 0 Å². The van der Waals surface area contributed by atoms with E-state index in [-0.39, 0.29) is 12.1 Å². The fraction of sp³-hybridized carbons (Fsp3) is 0.412. The summed E-state index contributed by atoms with van der Waals surface area (Å²) in [5.74, 6) is 1.99. The fourth-order valence-electron chi connectivity index (χ4n) is 2.93. The summed E-state index contributed by atoms with van der Waals surface area (Å²) < 4.78 is 15.6. The number of nitrogens with one attached hydrogen (secondary N) is 1. The number of benzene rings is 1. The number of anilines is 1. The molecule has 2 heterocycles. The molecule has 0 spiro atoms. The van der Waals surface area contributed by atoms with Gasteiger partial charge in [-0.2, -0.15) is 0 Å². The van der Waals surface area contributed by atoms with Gasteiger partial charge in [-0.25, -0.2) is 4.79 Å². The number of hydrogen-bond donors (Lipinski definition) is 1. The molecule has 3 rings (SSSR count). The maximum atomic E-state index is 12.7. The molecule has 0 bridgehead atoms. The van der Waals surface area contributed by atoms with Gasteiger partial charge in [0.15, 0.2) is 0 Å². The molecular weight excluding hydrogens is 310 g/mol. The number of amides is 2. The van der Waals surface area contributed by atoms with Crippen LogP contribution >= 0.6 is 0 Å². The van der Waals surface area contributed by atoms with E-state index < -0.39 is 0 Å². The Morgan fingerprint density at radius 1 is 1.25 bits per heavy atom. The van der Waals surface area contributed by atoms with E-state index in [1.165, 1.54) is 0 Å². The van der Waals surface area contributed by atoms with Crippen LogP contribution in [0.25, 0.3) is 0 Å². The number of ether oxygens (including phenoxy) is 2. The second kappa shape index (κ2) is 6.82.